The van der Waals surface area contributed by atoms with E-state index in [-0.39, 0.29) is 5.82 Å². The maximum Gasteiger partial charge on any atom is 0.416 e. The molecule has 0 saturated carbocycles. The van der Waals surface area contributed by atoms with Crippen LogP contribution in [0.15, 0.2) is 59.1 Å². The molecule has 8 heteroatoms. The van der Waals surface area contributed by atoms with E-state index in [1.54, 1.807) is 6.07 Å². The van der Waals surface area contributed by atoms with E-state index in [9.17, 15) is 13.2 Å². The summed E-state index contributed by atoms with van der Waals surface area (Å²) < 4.78 is 44.0. The molecule has 0 radical (unpaired) electrons. The molecule has 1 saturated heterocycles. The van der Waals surface area contributed by atoms with Gasteiger partial charge in [0.1, 0.15) is 0 Å². The van der Waals surface area contributed by atoms with Gasteiger partial charge in [-0.15, -0.1) is 0 Å². The van der Waals surface area contributed by atoms with E-state index in [1.807, 2.05) is 6.07 Å². The molecule has 0 bridgehead atoms. The summed E-state index contributed by atoms with van der Waals surface area (Å²) in [6.45, 7) is 5.21. The lowest BCUT2D eigenvalue weighted by Gasteiger charge is -2.33. The van der Waals surface area contributed by atoms with Crippen molar-refractivity contribution in [1.82, 2.24) is 19.9 Å². The number of alkyl halides is 3. The summed E-state index contributed by atoms with van der Waals surface area (Å²) in [5, 5.41) is 3.86. The summed E-state index contributed by atoms with van der Waals surface area (Å²) in [5.41, 5.74) is 0.913. The van der Waals surface area contributed by atoms with Crippen LogP contribution in [-0.2, 0) is 19.1 Å². The number of rotatable bonds is 6. The molecule has 0 N–H and O–H groups in total. The molecule has 0 amide bonds. The van der Waals surface area contributed by atoms with Gasteiger partial charge in [-0.3, -0.25) is 4.90 Å². The van der Waals surface area contributed by atoms with Gasteiger partial charge in [0.25, 0.3) is 0 Å². The Labute approximate surface area is 173 Å². The van der Waals surface area contributed by atoms with Crippen LogP contribution in [0.2, 0.25) is 0 Å². The Morgan fingerprint density at radius 2 is 1.63 bits per heavy atom. The van der Waals surface area contributed by atoms with Gasteiger partial charge in [0.2, 0.25) is 11.7 Å². The van der Waals surface area contributed by atoms with Crippen LogP contribution in [0.3, 0.4) is 0 Å². The summed E-state index contributed by atoms with van der Waals surface area (Å²) in [7, 11) is 0. The summed E-state index contributed by atoms with van der Waals surface area (Å²) in [5.74, 6) is 0.595. The summed E-state index contributed by atoms with van der Waals surface area (Å²) in [4.78, 5) is 8.95. The molecule has 1 fully saturated rings. The van der Waals surface area contributed by atoms with Gasteiger partial charge in [0.05, 0.1) is 12.1 Å². The molecule has 0 atom stereocenters. The fraction of sp³-hybridized carbons (Fsp3) is 0.364. The average Bonchev–Trinajstić information content (AvgIpc) is 3.22. The minimum Gasteiger partial charge on any atom is -0.338 e. The smallest absolute Gasteiger partial charge is 0.338 e. The normalized spacial score (nSPS) is 16.1. The lowest BCUT2D eigenvalue weighted by Crippen LogP contribution is -2.46. The standard InChI is InChI=1S/C22H23F3N4O/c23-22(24,25)19-8-4-7-18(15-19)21-26-20(30-27-21)16-29-13-11-28(12-14-29)10-9-17-5-2-1-3-6-17/h1-8,15H,9-14,16H2. The second-order valence-electron chi connectivity index (χ2n) is 7.44. The van der Waals surface area contributed by atoms with Crippen molar-refractivity contribution in [3.8, 4) is 11.4 Å². The van der Waals surface area contributed by atoms with Gasteiger partial charge in [-0.1, -0.05) is 47.6 Å². The zero-order valence-electron chi connectivity index (χ0n) is 16.5. The predicted octanol–water partition coefficient (Wildman–Crippen LogP) is 4.12. The number of hydrogen-bond donors (Lipinski definition) is 0. The SMILES string of the molecule is FC(F)(F)c1cccc(-c2noc(CN3CCN(CCc4ccccc4)CC3)n2)c1. The van der Waals surface area contributed by atoms with E-state index in [0.717, 1.165) is 51.3 Å². The Bertz CT molecular complexity index is 950. The molecule has 1 aromatic heterocycles. The van der Waals surface area contributed by atoms with Gasteiger partial charge in [-0.05, 0) is 24.1 Å². The van der Waals surface area contributed by atoms with Crippen LogP contribution in [0, 0.1) is 0 Å². The molecule has 1 aliphatic rings. The van der Waals surface area contributed by atoms with Gasteiger partial charge in [-0.2, -0.15) is 18.2 Å². The maximum atomic E-state index is 12.9. The zero-order valence-corrected chi connectivity index (χ0v) is 16.5. The first-order valence-corrected chi connectivity index (χ1v) is 9.96. The van der Waals surface area contributed by atoms with E-state index in [0.29, 0.717) is 18.0 Å². The Morgan fingerprint density at radius 3 is 2.37 bits per heavy atom. The third-order valence-corrected chi connectivity index (χ3v) is 5.30. The molecule has 2 heterocycles. The van der Waals surface area contributed by atoms with E-state index >= 15 is 0 Å². The minimum absolute atomic E-state index is 0.178. The fourth-order valence-electron chi connectivity index (χ4n) is 3.57. The second-order valence-corrected chi connectivity index (χ2v) is 7.44. The Kier molecular flexibility index (Phi) is 6.15. The van der Waals surface area contributed by atoms with Crippen LogP contribution < -0.4 is 0 Å². The third-order valence-electron chi connectivity index (χ3n) is 5.30. The molecule has 3 aromatic rings. The highest BCUT2D eigenvalue weighted by Crippen LogP contribution is 2.31. The first-order valence-electron chi connectivity index (χ1n) is 9.96. The van der Waals surface area contributed by atoms with Gasteiger partial charge < -0.3 is 9.42 Å². The van der Waals surface area contributed by atoms with Gasteiger partial charge in [0, 0.05) is 38.3 Å². The molecule has 0 spiro atoms. The molecular formula is C22H23F3N4O. The number of aromatic nitrogens is 2. The van der Waals surface area contributed by atoms with E-state index in [4.69, 9.17) is 4.52 Å². The molecule has 4 rings (SSSR count). The van der Waals surface area contributed by atoms with E-state index in [1.165, 1.54) is 11.6 Å². The van der Waals surface area contributed by atoms with Crippen molar-refractivity contribution in [2.75, 3.05) is 32.7 Å². The lowest BCUT2D eigenvalue weighted by molar-refractivity contribution is -0.137. The topological polar surface area (TPSA) is 45.4 Å². The highest BCUT2D eigenvalue weighted by Gasteiger charge is 2.30. The largest absolute Gasteiger partial charge is 0.416 e. The number of nitrogens with zero attached hydrogens (tertiary/aromatic N) is 4. The van der Waals surface area contributed by atoms with Crippen molar-refractivity contribution in [3.05, 3.63) is 71.6 Å². The summed E-state index contributed by atoms with van der Waals surface area (Å²) >= 11 is 0. The molecule has 0 aliphatic carbocycles. The average molecular weight is 416 g/mol. The Hall–Kier alpha value is -2.71. The minimum atomic E-state index is -4.40. The van der Waals surface area contributed by atoms with Crippen LogP contribution >= 0.6 is 0 Å². The number of halogens is 3. The van der Waals surface area contributed by atoms with Crippen molar-refractivity contribution < 1.29 is 17.7 Å². The van der Waals surface area contributed by atoms with Crippen LogP contribution in [0.1, 0.15) is 17.0 Å². The maximum absolute atomic E-state index is 12.9. The number of hydrogen-bond acceptors (Lipinski definition) is 5. The summed E-state index contributed by atoms with van der Waals surface area (Å²) in [6, 6.07) is 15.4. The van der Waals surface area contributed by atoms with Crippen LogP contribution in [0.25, 0.3) is 11.4 Å². The first kappa shape index (κ1) is 20.6. The monoisotopic (exact) mass is 416 g/mol. The van der Waals surface area contributed by atoms with E-state index < -0.39 is 11.7 Å². The molecule has 30 heavy (non-hydrogen) atoms. The lowest BCUT2D eigenvalue weighted by atomic mass is 10.1. The van der Waals surface area contributed by atoms with Crippen LogP contribution in [0.4, 0.5) is 13.2 Å². The molecular weight excluding hydrogens is 393 g/mol. The van der Waals surface area contributed by atoms with Crippen molar-refractivity contribution in [3.63, 3.8) is 0 Å². The second kappa shape index (κ2) is 8.97. The molecule has 1 aliphatic heterocycles. The predicted molar refractivity (Wildman–Crippen MR) is 107 cm³/mol. The highest BCUT2D eigenvalue weighted by atomic mass is 19.4. The fourth-order valence-corrected chi connectivity index (χ4v) is 3.57. The van der Waals surface area contributed by atoms with Crippen molar-refractivity contribution in [2.45, 2.75) is 19.1 Å². The molecule has 158 valence electrons. The van der Waals surface area contributed by atoms with Crippen molar-refractivity contribution in [1.29, 1.82) is 0 Å². The molecule has 0 unspecified atom stereocenters. The van der Waals surface area contributed by atoms with Crippen molar-refractivity contribution >= 4 is 0 Å². The van der Waals surface area contributed by atoms with Gasteiger partial charge in [0.15, 0.2) is 0 Å². The van der Waals surface area contributed by atoms with Crippen LogP contribution in [0.5, 0.6) is 0 Å². The number of benzene rings is 2. The quantitative estimate of drug-likeness (QED) is 0.605. The van der Waals surface area contributed by atoms with Crippen LogP contribution in [-0.4, -0.2) is 52.7 Å². The molecule has 5 nitrogen and oxygen atoms in total. The Morgan fingerprint density at radius 1 is 0.900 bits per heavy atom. The highest BCUT2D eigenvalue weighted by molar-refractivity contribution is 5.55. The first-order chi connectivity index (χ1) is 14.5. The third kappa shape index (κ3) is 5.25. The number of piperazine rings is 1. The van der Waals surface area contributed by atoms with Gasteiger partial charge in [-0.25, -0.2) is 0 Å². The van der Waals surface area contributed by atoms with Crippen molar-refractivity contribution in [2.24, 2.45) is 0 Å². The van der Waals surface area contributed by atoms with E-state index in [2.05, 4.69) is 44.2 Å². The zero-order chi connectivity index (χ0) is 21.0. The summed E-state index contributed by atoms with van der Waals surface area (Å²) in [6.07, 6.45) is -3.37. The van der Waals surface area contributed by atoms with Gasteiger partial charge >= 0.3 is 6.18 Å². The Balaban J connectivity index is 1.29. The molecule has 2 aromatic carbocycles.